The first-order valence-electron chi connectivity index (χ1n) is 17.2. The van der Waals surface area contributed by atoms with E-state index in [4.69, 9.17) is 24.4 Å². The van der Waals surface area contributed by atoms with Crippen molar-refractivity contribution in [2.45, 2.75) is 0 Å². The van der Waals surface area contributed by atoms with E-state index in [1.807, 2.05) is 60.7 Å². The molecule has 0 aliphatic rings. The van der Waals surface area contributed by atoms with E-state index in [0.29, 0.717) is 23.4 Å². The van der Waals surface area contributed by atoms with Crippen LogP contribution in [0.25, 0.3) is 108 Å². The second kappa shape index (κ2) is 11.5. The SMILES string of the molecule is c1ccc(-c2nc(-c3ccccc3)nc(-c3cc4nc(-c5ccc6ccccc6c5)oc4c4c3[se]c3ccc5ccc6ccccc6c5c34)n2)cc1. The quantitative estimate of drug-likeness (QED) is 0.133. The molecule has 11 rings (SSSR count). The number of nitrogens with zero attached hydrogens (tertiary/aromatic N) is 4. The van der Waals surface area contributed by atoms with Gasteiger partial charge in [-0.25, -0.2) is 0 Å². The van der Waals surface area contributed by atoms with Crippen molar-refractivity contribution in [2.75, 3.05) is 0 Å². The van der Waals surface area contributed by atoms with Gasteiger partial charge in [-0.05, 0) is 0 Å². The maximum atomic E-state index is 6.89. The van der Waals surface area contributed by atoms with Crippen molar-refractivity contribution in [3.8, 4) is 45.6 Å². The Morgan fingerprint density at radius 1 is 0.423 bits per heavy atom. The van der Waals surface area contributed by atoms with Gasteiger partial charge in [0.15, 0.2) is 0 Å². The van der Waals surface area contributed by atoms with E-state index < -0.39 is 0 Å². The van der Waals surface area contributed by atoms with Gasteiger partial charge in [-0.2, -0.15) is 0 Å². The second-order valence-corrected chi connectivity index (χ2v) is 15.2. The zero-order chi connectivity index (χ0) is 34.2. The van der Waals surface area contributed by atoms with Gasteiger partial charge in [-0.1, -0.05) is 0 Å². The van der Waals surface area contributed by atoms with Crippen LogP contribution in [0, 0.1) is 0 Å². The van der Waals surface area contributed by atoms with Crippen LogP contribution < -0.4 is 0 Å². The van der Waals surface area contributed by atoms with Crippen molar-refractivity contribution in [3.05, 3.63) is 158 Å². The normalized spacial score (nSPS) is 11.8. The first-order valence-corrected chi connectivity index (χ1v) is 18.9. The van der Waals surface area contributed by atoms with Crippen molar-refractivity contribution in [1.29, 1.82) is 0 Å². The van der Waals surface area contributed by atoms with Crippen LogP contribution in [0.15, 0.2) is 162 Å². The van der Waals surface area contributed by atoms with Crippen LogP contribution in [-0.2, 0) is 0 Å². The molecule has 11 aromatic rings. The summed E-state index contributed by atoms with van der Waals surface area (Å²) in [7, 11) is 0. The number of hydrogen-bond donors (Lipinski definition) is 0. The zero-order valence-corrected chi connectivity index (χ0v) is 29.3. The molecule has 0 saturated carbocycles. The van der Waals surface area contributed by atoms with E-state index in [1.54, 1.807) is 0 Å². The van der Waals surface area contributed by atoms with Crippen LogP contribution in [-0.4, -0.2) is 34.4 Å². The average Bonchev–Trinajstić information content (AvgIpc) is 3.83. The summed E-state index contributed by atoms with van der Waals surface area (Å²) >= 11 is -0.0539. The summed E-state index contributed by atoms with van der Waals surface area (Å²) in [6.07, 6.45) is 0. The molecule has 242 valence electrons. The first-order chi connectivity index (χ1) is 25.7. The predicted octanol–water partition coefficient (Wildman–Crippen LogP) is 11.5. The molecule has 0 spiro atoms. The molecule has 0 amide bonds. The Morgan fingerprint density at radius 3 is 1.81 bits per heavy atom. The van der Waals surface area contributed by atoms with Gasteiger partial charge < -0.3 is 0 Å². The third-order valence-electron chi connectivity index (χ3n) is 9.90. The van der Waals surface area contributed by atoms with Crippen LogP contribution in [0.2, 0.25) is 0 Å². The maximum absolute atomic E-state index is 6.89. The molecule has 0 N–H and O–H groups in total. The van der Waals surface area contributed by atoms with Gasteiger partial charge >= 0.3 is 305 Å². The van der Waals surface area contributed by atoms with Crippen LogP contribution in [0.1, 0.15) is 0 Å². The summed E-state index contributed by atoms with van der Waals surface area (Å²) in [4.78, 5) is 20.6. The van der Waals surface area contributed by atoms with Crippen LogP contribution >= 0.6 is 0 Å². The van der Waals surface area contributed by atoms with Gasteiger partial charge in [-0.3, -0.25) is 0 Å². The third-order valence-corrected chi connectivity index (χ3v) is 12.4. The van der Waals surface area contributed by atoms with Gasteiger partial charge in [0.2, 0.25) is 0 Å². The van der Waals surface area contributed by atoms with E-state index in [2.05, 4.69) is 97.1 Å². The number of rotatable bonds is 4. The Kier molecular flexibility index (Phi) is 6.50. The van der Waals surface area contributed by atoms with E-state index in [1.165, 1.54) is 40.8 Å². The van der Waals surface area contributed by atoms with Crippen LogP contribution in [0.4, 0.5) is 0 Å². The molecule has 8 aromatic carbocycles. The Hall–Kier alpha value is -6.46. The van der Waals surface area contributed by atoms with E-state index >= 15 is 0 Å². The summed E-state index contributed by atoms with van der Waals surface area (Å²) < 4.78 is 9.39. The fourth-order valence-electron chi connectivity index (χ4n) is 7.44. The van der Waals surface area contributed by atoms with Gasteiger partial charge in [-0.15, -0.1) is 0 Å². The molecule has 0 saturated heterocycles. The minimum atomic E-state index is -0.0539. The molecule has 3 heterocycles. The average molecular weight is 730 g/mol. The monoisotopic (exact) mass is 730 g/mol. The Balaban J connectivity index is 1.27. The predicted molar refractivity (Wildman–Crippen MR) is 214 cm³/mol. The summed E-state index contributed by atoms with van der Waals surface area (Å²) in [5.74, 6) is 2.49. The number of oxazole rings is 1. The summed E-state index contributed by atoms with van der Waals surface area (Å²) in [5, 5.41) is 9.51. The molecule has 5 nitrogen and oxygen atoms in total. The third kappa shape index (κ3) is 4.62. The van der Waals surface area contributed by atoms with Gasteiger partial charge in [0.25, 0.3) is 0 Å². The summed E-state index contributed by atoms with van der Waals surface area (Å²) in [5.41, 5.74) is 5.35. The molecule has 3 aromatic heterocycles. The Morgan fingerprint density at radius 2 is 1.04 bits per heavy atom. The molecular weight excluding hydrogens is 703 g/mol. The van der Waals surface area contributed by atoms with Crippen LogP contribution in [0.3, 0.4) is 0 Å². The standard InChI is InChI=1S/C46H26N4OSe/c1-3-13-30(14-4-1)43-48-44(31-15-5-2-6-16-31)50-45(49-43)35-26-36-41(51-46(47-36)33-22-19-27-11-7-8-17-32(27)25-33)40-39-37(52-42(35)40)24-23-29-21-20-28-12-9-10-18-34(28)38(29)39/h1-26H. The molecule has 0 bridgehead atoms. The topological polar surface area (TPSA) is 64.7 Å². The van der Waals surface area contributed by atoms with Gasteiger partial charge in [0.05, 0.1) is 0 Å². The number of hydrogen-bond acceptors (Lipinski definition) is 5. The van der Waals surface area contributed by atoms with Gasteiger partial charge in [0, 0.05) is 0 Å². The summed E-state index contributed by atoms with van der Waals surface area (Å²) in [6.45, 7) is 0. The molecule has 0 aliphatic carbocycles. The first kappa shape index (κ1) is 29.3. The zero-order valence-electron chi connectivity index (χ0n) is 27.6. The van der Waals surface area contributed by atoms with Crippen LogP contribution in [0.5, 0.6) is 0 Å². The fraction of sp³-hybridized carbons (Fsp3) is 0. The minimum absolute atomic E-state index is 0.0539. The Bertz CT molecular complexity index is 3130. The summed E-state index contributed by atoms with van der Waals surface area (Å²) in [6, 6.07) is 54.8. The fourth-order valence-corrected chi connectivity index (χ4v) is 10.0. The van der Waals surface area contributed by atoms with Crippen molar-refractivity contribution in [2.24, 2.45) is 0 Å². The molecule has 0 fully saturated rings. The molecular formula is C46H26N4OSe. The van der Waals surface area contributed by atoms with E-state index in [0.717, 1.165) is 44.1 Å². The molecule has 0 unspecified atom stereocenters. The van der Waals surface area contributed by atoms with Crippen molar-refractivity contribution < 1.29 is 4.42 Å². The van der Waals surface area contributed by atoms with Crippen molar-refractivity contribution in [1.82, 2.24) is 19.9 Å². The van der Waals surface area contributed by atoms with Crippen molar-refractivity contribution >= 4 is 77.2 Å². The molecule has 6 heteroatoms. The second-order valence-electron chi connectivity index (χ2n) is 13.0. The molecule has 0 atom stereocenters. The van der Waals surface area contributed by atoms with E-state index in [-0.39, 0.29) is 14.5 Å². The molecule has 0 radical (unpaired) electrons. The number of fused-ring (bicyclic) bond motifs is 10. The molecule has 0 aliphatic heterocycles. The van der Waals surface area contributed by atoms with Crippen molar-refractivity contribution in [3.63, 3.8) is 0 Å². The van der Waals surface area contributed by atoms with E-state index in [9.17, 15) is 0 Å². The number of benzene rings is 8. The van der Waals surface area contributed by atoms with Gasteiger partial charge in [0.1, 0.15) is 0 Å². The Labute approximate surface area is 303 Å². The molecule has 52 heavy (non-hydrogen) atoms. The number of aromatic nitrogens is 4.